The summed E-state index contributed by atoms with van der Waals surface area (Å²) in [5.74, 6) is -1.07. The van der Waals surface area contributed by atoms with E-state index in [2.05, 4.69) is 15.9 Å². The van der Waals surface area contributed by atoms with Crippen molar-refractivity contribution in [3.05, 3.63) is 32.5 Å². The molecule has 0 saturated carbocycles. The van der Waals surface area contributed by atoms with Gasteiger partial charge in [-0.25, -0.2) is 12.8 Å². The Hall–Kier alpha value is -0.730. The number of nitro benzene ring substituents is 1. The van der Waals surface area contributed by atoms with Crippen molar-refractivity contribution in [2.24, 2.45) is 0 Å². The first-order chi connectivity index (χ1) is 6.73. The standard InChI is InChI=1S/C6H2BrClFNO4S/c7-6-4(9)1-3(15(8,13)14)2-5(6)10(11)12/h1-2H. The van der Waals surface area contributed by atoms with Gasteiger partial charge in [-0.3, -0.25) is 10.1 Å². The van der Waals surface area contributed by atoms with E-state index in [4.69, 9.17) is 10.7 Å². The van der Waals surface area contributed by atoms with Gasteiger partial charge in [-0.05, 0) is 22.0 Å². The van der Waals surface area contributed by atoms with Crippen LogP contribution in [0.25, 0.3) is 0 Å². The van der Waals surface area contributed by atoms with E-state index in [-0.39, 0.29) is 0 Å². The fraction of sp³-hybridized carbons (Fsp3) is 0. The van der Waals surface area contributed by atoms with Gasteiger partial charge in [-0.15, -0.1) is 0 Å². The third-order valence-corrected chi connectivity index (χ3v) is 3.58. The summed E-state index contributed by atoms with van der Waals surface area (Å²) in [5, 5.41) is 10.4. The summed E-state index contributed by atoms with van der Waals surface area (Å²) in [4.78, 5) is 8.85. The average molecular weight is 319 g/mol. The molecule has 82 valence electrons. The lowest BCUT2D eigenvalue weighted by atomic mass is 10.3. The van der Waals surface area contributed by atoms with Gasteiger partial charge < -0.3 is 0 Å². The Morgan fingerprint density at radius 1 is 1.47 bits per heavy atom. The molecule has 0 spiro atoms. The topological polar surface area (TPSA) is 77.3 Å². The van der Waals surface area contributed by atoms with Crippen LogP contribution in [0.15, 0.2) is 21.5 Å². The van der Waals surface area contributed by atoms with Crippen LogP contribution in [0.4, 0.5) is 10.1 Å². The van der Waals surface area contributed by atoms with Crippen molar-refractivity contribution in [1.29, 1.82) is 0 Å². The van der Waals surface area contributed by atoms with Crippen LogP contribution < -0.4 is 0 Å². The molecule has 0 radical (unpaired) electrons. The van der Waals surface area contributed by atoms with E-state index in [0.29, 0.717) is 12.1 Å². The monoisotopic (exact) mass is 317 g/mol. The summed E-state index contributed by atoms with van der Waals surface area (Å²) < 4.78 is 34.3. The zero-order valence-electron chi connectivity index (χ0n) is 6.78. The molecule has 0 heterocycles. The van der Waals surface area contributed by atoms with Crippen molar-refractivity contribution in [2.45, 2.75) is 4.90 Å². The molecule has 1 rings (SSSR count). The first-order valence-corrected chi connectivity index (χ1v) is 6.42. The number of rotatable bonds is 2. The average Bonchev–Trinajstić information content (AvgIpc) is 2.06. The summed E-state index contributed by atoms with van der Waals surface area (Å²) in [5.41, 5.74) is -0.700. The number of halogens is 3. The number of benzene rings is 1. The second kappa shape index (κ2) is 4.03. The highest BCUT2D eigenvalue weighted by molar-refractivity contribution is 9.10. The number of nitrogens with zero attached hydrogens (tertiary/aromatic N) is 1. The second-order valence-corrected chi connectivity index (χ2v) is 5.79. The Bertz CT molecular complexity index is 532. The minimum Gasteiger partial charge on any atom is -0.258 e. The molecule has 0 atom stereocenters. The predicted octanol–water partition coefficient (Wildman–Crippen LogP) is 2.42. The predicted molar refractivity (Wildman–Crippen MR) is 53.8 cm³/mol. The molecule has 1 aromatic rings. The number of nitro groups is 1. The summed E-state index contributed by atoms with van der Waals surface area (Å²) in [6.07, 6.45) is 0. The van der Waals surface area contributed by atoms with Gasteiger partial charge in [0.25, 0.3) is 14.7 Å². The van der Waals surface area contributed by atoms with E-state index in [1.807, 2.05) is 0 Å². The molecule has 0 fully saturated rings. The minimum atomic E-state index is -4.19. The van der Waals surface area contributed by atoms with Gasteiger partial charge in [-0.1, -0.05) is 0 Å². The molecule has 1 aromatic carbocycles. The van der Waals surface area contributed by atoms with E-state index in [1.165, 1.54) is 0 Å². The van der Waals surface area contributed by atoms with Gasteiger partial charge in [0, 0.05) is 16.7 Å². The molecule has 0 N–H and O–H groups in total. The lowest BCUT2D eigenvalue weighted by Gasteiger charge is -2.00. The van der Waals surface area contributed by atoms with E-state index >= 15 is 0 Å². The zero-order chi connectivity index (χ0) is 11.8. The van der Waals surface area contributed by atoms with Crippen LogP contribution in [-0.4, -0.2) is 13.3 Å². The van der Waals surface area contributed by atoms with E-state index in [9.17, 15) is 22.9 Å². The third kappa shape index (κ3) is 2.64. The number of hydrogen-bond acceptors (Lipinski definition) is 4. The molecule has 0 unspecified atom stereocenters. The summed E-state index contributed by atoms with van der Waals surface area (Å²) >= 11 is 2.63. The van der Waals surface area contributed by atoms with Crippen LogP contribution in [0, 0.1) is 15.9 Å². The minimum absolute atomic E-state index is 0.420. The Balaban J connectivity index is 3.57. The van der Waals surface area contributed by atoms with Crippen molar-refractivity contribution < 1.29 is 17.7 Å². The molecule has 0 amide bonds. The van der Waals surface area contributed by atoms with Crippen LogP contribution in [0.1, 0.15) is 0 Å². The summed E-state index contributed by atoms with van der Waals surface area (Å²) in [6.45, 7) is 0. The molecule has 0 aliphatic carbocycles. The maximum Gasteiger partial charge on any atom is 0.287 e. The fourth-order valence-corrected chi connectivity index (χ4v) is 1.96. The molecule has 0 aromatic heterocycles. The SMILES string of the molecule is O=[N+]([O-])c1cc(S(=O)(=O)Cl)cc(F)c1Br. The second-order valence-electron chi connectivity index (χ2n) is 2.43. The smallest absolute Gasteiger partial charge is 0.258 e. The fourth-order valence-electron chi connectivity index (χ4n) is 0.824. The third-order valence-electron chi connectivity index (χ3n) is 1.46. The van der Waals surface area contributed by atoms with Crippen LogP contribution in [-0.2, 0) is 9.05 Å². The molecule has 0 saturated heterocycles. The largest absolute Gasteiger partial charge is 0.287 e. The maximum atomic E-state index is 13.1. The highest BCUT2D eigenvalue weighted by Gasteiger charge is 2.22. The summed E-state index contributed by atoms with van der Waals surface area (Å²) in [7, 11) is 0.736. The van der Waals surface area contributed by atoms with Crippen LogP contribution in [0.5, 0.6) is 0 Å². The lowest BCUT2D eigenvalue weighted by Crippen LogP contribution is -1.97. The lowest BCUT2D eigenvalue weighted by molar-refractivity contribution is -0.386. The van der Waals surface area contributed by atoms with Crippen molar-refractivity contribution in [1.82, 2.24) is 0 Å². The quantitative estimate of drug-likeness (QED) is 0.476. The Morgan fingerprint density at radius 2 is 2.00 bits per heavy atom. The van der Waals surface area contributed by atoms with Crippen molar-refractivity contribution in [2.75, 3.05) is 0 Å². The summed E-state index contributed by atoms with van der Waals surface area (Å²) in [6, 6.07) is 1.27. The van der Waals surface area contributed by atoms with Gasteiger partial charge in [0.15, 0.2) is 0 Å². The molecule has 5 nitrogen and oxygen atoms in total. The van der Waals surface area contributed by atoms with E-state index < -0.39 is 34.8 Å². The first-order valence-electron chi connectivity index (χ1n) is 3.31. The van der Waals surface area contributed by atoms with E-state index in [0.717, 1.165) is 0 Å². The van der Waals surface area contributed by atoms with Crippen molar-refractivity contribution in [3.63, 3.8) is 0 Å². The number of hydrogen-bond donors (Lipinski definition) is 0. The normalized spacial score (nSPS) is 11.4. The molecule has 15 heavy (non-hydrogen) atoms. The van der Waals surface area contributed by atoms with E-state index in [1.54, 1.807) is 0 Å². The van der Waals surface area contributed by atoms with Crippen LogP contribution in [0.3, 0.4) is 0 Å². The van der Waals surface area contributed by atoms with Gasteiger partial charge in [0.2, 0.25) is 0 Å². The molecule has 0 bridgehead atoms. The van der Waals surface area contributed by atoms with Gasteiger partial charge in [-0.2, -0.15) is 0 Å². The van der Waals surface area contributed by atoms with Crippen LogP contribution >= 0.6 is 26.6 Å². The maximum absolute atomic E-state index is 13.1. The molecule has 0 aliphatic rings. The molecular weight excluding hydrogens is 316 g/mol. The molecule has 9 heteroatoms. The van der Waals surface area contributed by atoms with Crippen LogP contribution in [0.2, 0.25) is 0 Å². The molecule has 0 aliphatic heterocycles. The highest BCUT2D eigenvalue weighted by atomic mass is 79.9. The zero-order valence-corrected chi connectivity index (χ0v) is 9.94. The molecular formula is C6H2BrClFNO4S. The van der Waals surface area contributed by atoms with Gasteiger partial charge in [0.05, 0.1) is 9.82 Å². The van der Waals surface area contributed by atoms with Gasteiger partial charge in [0.1, 0.15) is 10.3 Å². The van der Waals surface area contributed by atoms with Crippen molar-refractivity contribution in [3.8, 4) is 0 Å². The Labute approximate surface area is 96.5 Å². The Kier molecular flexibility index (Phi) is 3.31. The van der Waals surface area contributed by atoms with Gasteiger partial charge >= 0.3 is 0 Å². The first kappa shape index (κ1) is 12.3. The van der Waals surface area contributed by atoms with Crippen molar-refractivity contribution >= 4 is 41.4 Å². The Morgan fingerprint density at radius 3 is 2.40 bits per heavy atom. The highest BCUT2D eigenvalue weighted by Crippen LogP contribution is 2.31.